The summed E-state index contributed by atoms with van der Waals surface area (Å²) in [5, 5.41) is 3.38. The monoisotopic (exact) mass is 235 g/mol. The second-order valence-corrected chi connectivity index (χ2v) is 4.63. The standard InChI is InChI=1S/C13H21N3O/c1-11(13-10-15-7-8-16-13)17-9-4-12-2-5-14-6-3-12/h7-8,10-12,14H,2-6,9H2,1H3/t11-/m0/s1. The molecule has 1 aromatic rings. The second-order valence-electron chi connectivity index (χ2n) is 4.63. The van der Waals surface area contributed by atoms with Crippen molar-refractivity contribution < 1.29 is 4.74 Å². The van der Waals surface area contributed by atoms with E-state index in [-0.39, 0.29) is 6.10 Å². The first-order valence-electron chi connectivity index (χ1n) is 6.44. The van der Waals surface area contributed by atoms with E-state index in [2.05, 4.69) is 15.3 Å². The maximum atomic E-state index is 5.81. The molecule has 1 saturated heterocycles. The van der Waals surface area contributed by atoms with Crippen molar-refractivity contribution in [3.8, 4) is 0 Å². The SMILES string of the molecule is C[C@H](OCCC1CCNCC1)c1cnccn1. The first kappa shape index (κ1) is 12.5. The molecule has 17 heavy (non-hydrogen) atoms. The van der Waals surface area contributed by atoms with Gasteiger partial charge in [-0.25, -0.2) is 0 Å². The van der Waals surface area contributed by atoms with Crippen molar-refractivity contribution in [3.05, 3.63) is 24.3 Å². The fourth-order valence-electron chi connectivity index (χ4n) is 2.19. The highest BCUT2D eigenvalue weighted by molar-refractivity contribution is 4.97. The number of aromatic nitrogens is 2. The summed E-state index contributed by atoms with van der Waals surface area (Å²) in [5.41, 5.74) is 0.915. The van der Waals surface area contributed by atoms with Crippen molar-refractivity contribution in [3.63, 3.8) is 0 Å². The average molecular weight is 235 g/mol. The maximum Gasteiger partial charge on any atom is 0.0982 e. The van der Waals surface area contributed by atoms with Crippen LogP contribution in [0.4, 0.5) is 0 Å². The van der Waals surface area contributed by atoms with E-state index in [1.54, 1.807) is 18.6 Å². The van der Waals surface area contributed by atoms with E-state index < -0.39 is 0 Å². The Bertz CT molecular complexity index is 312. The smallest absolute Gasteiger partial charge is 0.0982 e. The van der Waals surface area contributed by atoms with Gasteiger partial charge in [0.05, 0.1) is 18.0 Å². The fourth-order valence-corrected chi connectivity index (χ4v) is 2.19. The Kier molecular flexibility index (Phi) is 4.88. The van der Waals surface area contributed by atoms with Crippen molar-refractivity contribution in [1.29, 1.82) is 0 Å². The third kappa shape index (κ3) is 4.06. The number of hydrogen-bond acceptors (Lipinski definition) is 4. The minimum Gasteiger partial charge on any atom is -0.372 e. The summed E-state index contributed by atoms with van der Waals surface area (Å²) in [7, 11) is 0. The summed E-state index contributed by atoms with van der Waals surface area (Å²) < 4.78 is 5.81. The molecule has 0 radical (unpaired) electrons. The third-order valence-corrected chi connectivity index (χ3v) is 3.35. The number of nitrogens with zero attached hydrogens (tertiary/aromatic N) is 2. The molecule has 4 nitrogen and oxygen atoms in total. The van der Waals surface area contributed by atoms with Gasteiger partial charge in [0.2, 0.25) is 0 Å². The maximum absolute atomic E-state index is 5.81. The number of rotatable bonds is 5. The largest absolute Gasteiger partial charge is 0.372 e. The van der Waals surface area contributed by atoms with Crippen LogP contribution in [0.1, 0.15) is 38.0 Å². The Balaban J connectivity index is 1.67. The van der Waals surface area contributed by atoms with E-state index in [1.807, 2.05) is 6.92 Å². The molecule has 1 aromatic heterocycles. The van der Waals surface area contributed by atoms with Gasteiger partial charge in [0.25, 0.3) is 0 Å². The van der Waals surface area contributed by atoms with Gasteiger partial charge in [-0.3, -0.25) is 9.97 Å². The average Bonchev–Trinajstić information content (AvgIpc) is 2.41. The molecule has 1 aliphatic rings. The Labute approximate surface area is 103 Å². The third-order valence-electron chi connectivity index (χ3n) is 3.35. The Morgan fingerprint density at radius 1 is 1.41 bits per heavy atom. The molecule has 1 fully saturated rings. The Morgan fingerprint density at radius 2 is 2.24 bits per heavy atom. The van der Waals surface area contributed by atoms with Crippen LogP contribution >= 0.6 is 0 Å². The van der Waals surface area contributed by atoms with Gasteiger partial charge < -0.3 is 10.1 Å². The van der Waals surface area contributed by atoms with E-state index in [9.17, 15) is 0 Å². The van der Waals surface area contributed by atoms with Crippen molar-refractivity contribution in [1.82, 2.24) is 15.3 Å². The van der Waals surface area contributed by atoms with E-state index in [0.717, 1.165) is 37.7 Å². The van der Waals surface area contributed by atoms with Crippen LogP contribution in [0.15, 0.2) is 18.6 Å². The van der Waals surface area contributed by atoms with Crippen LogP contribution < -0.4 is 5.32 Å². The molecular weight excluding hydrogens is 214 g/mol. The molecule has 2 rings (SSSR count). The number of nitrogens with one attached hydrogen (secondary N) is 1. The summed E-state index contributed by atoms with van der Waals surface area (Å²) in [6.45, 7) is 5.17. The summed E-state index contributed by atoms with van der Waals surface area (Å²) in [5.74, 6) is 0.824. The predicted molar refractivity (Wildman–Crippen MR) is 66.6 cm³/mol. The van der Waals surface area contributed by atoms with Gasteiger partial charge in [-0.15, -0.1) is 0 Å². The highest BCUT2D eigenvalue weighted by Crippen LogP contribution is 2.18. The van der Waals surface area contributed by atoms with E-state index in [4.69, 9.17) is 4.74 Å². The van der Waals surface area contributed by atoms with Crippen LogP contribution in [-0.4, -0.2) is 29.7 Å². The number of hydrogen-bond donors (Lipinski definition) is 1. The van der Waals surface area contributed by atoms with Crippen molar-refractivity contribution in [2.75, 3.05) is 19.7 Å². The van der Waals surface area contributed by atoms with E-state index in [1.165, 1.54) is 12.8 Å². The molecule has 1 aliphatic heterocycles. The van der Waals surface area contributed by atoms with Crippen LogP contribution in [0.5, 0.6) is 0 Å². The topological polar surface area (TPSA) is 47.0 Å². The predicted octanol–water partition coefficient (Wildman–Crippen LogP) is 1.94. The van der Waals surface area contributed by atoms with Gasteiger partial charge in [0, 0.05) is 19.0 Å². The summed E-state index contributed by atoms with van der Waals surface area (Å²) in [6, 6.07) is 0. The zero-order valence-corrected chi connectivity index (χ0v) is 10.4. The summed E-state index contributed by atoms with van der Waals surface area (Å²) in [6.07, 6.45) is 8.94. The molecule has 0 aromatic carbocycles. The van der Waals surface area contributed by atoms with Crippen LogP contribution in [0, 0.1) is 5.92 Å². The molecule has 0 unspecified atom stereocenters. The van der Waals surface area contributed by atoms with Crippen LogP contribution in [0.2, 0.25) is 0 Å². The second kappa shape index (κ2) is 6.67. The van der Waals surface area contributed by atoms with Crippen LogP contribution in [0.25, 0.3) is 0 Å². The first-order chi connectivity index (χ1) is 8.36. The van der Waals surface area contributed by atoms with Crippen molar-refractivity contribution in [2.24, 2.45) is 5.92 Å². The van der Waals surface area contributed by atoms with Gasteiger partial charge in [0.1, 0.15) is 0 Å². The highest BCUT2D eigenvalue weighted by Gasteiger charge is 2.14. The number of piperidine rings is 1. The lowest BCUT2D eigenvalue weighted by atomic mass is 9.95. The highest BCUT2D eigenvalue weighted by atomic mass is 16.5. The molecule has 0 aliphatic carbocycles. The number of ether oxygens (including phenoxy) is 1. The summed E-state index contributed by atoms with van der Waals surface area (Å²) in [4.78, 5) is 8.30. The molecule has 0 spiro atoms. The fraction of sp³-hybridized carbons (Fsp3) is 0.692. The van der Waals surface area contributed by atoms with Gasteiger partial charge in [-0.05, 0) is 45.2 Å². The normalized spacial score (nSPS) is 19.1. The molecule has 0 bridgehead atoms. The Morgan fingerprint density at radius 3 is 2.94 bits per heavy atom. The molecule has 0 saturated carbocycles. The molecule has 1 N–H and O–H groups in total. The summed E-state index contributed by atoms with van der Waals surface area (Å²) >= 11 is 0. The molecule has 0 amide bonds. The van der Waals surface area contributed by atoms with Gasteiger partial charge in [-0.2, -0.15) is 0 Å². The van der Waals surface area contributed by atoms with E-state index in [0.29, 0.717) is 0 Å². The first-order valence-corrected chi connectivity index (χ1v) is 6.44. The minimum atomic E-state index is 0.0467. The van der Waals surface area contributed by atoms with Crippen molar-refractivity contribution in [2.45, 2.75) is 32.3 Å². The van der Waals surface area contributed by atoms with Gasteiger partial charge >= 0.3 is 0 Å². The van der Waals surface area contributed by atoms with Crippen molar-refractivity contribution >= 4 is 0 Å². The van der Waals surface area contributed by atoms with Gasteiger partial charge in [-0.1, -0.05) is 0 Å². The van der Waals surface area contributed by atoms with Crippen LogP contribution in [0.3, 0.4) is 0 Å². The van der Waals surface area contributed by atoms with E-state index >= 15 is 0 Å². The molecule has 1 atom stereocenters. The molecule has 4 heteroatoms. The Hall–Kier alpha value is -1.00. The van der Waals surface area contributed by atoms with Gasteiger partial charge in [0.15, 0.2) is 0 Å². The van der Waals surface area contributed by atoms with Crippen LogP contribution in [-0.2, 0) is 4.74 Å². The lowest BCUT2D eigenvalue weighted by Gasteiger charge is -2.23. The molecule has 2 heterocycles. The lowest BCUT2D eigenvalue weighted by Crippen LogP contribution is -2.28. The molecule has 94 valence electrons. The lowest BCUT2D eigenvalue weighted by molar-refractivity contribution is 0.0505. The zero-order chi connectivity index (χ0) is 11.9. The minimum absolute atomic E-state index is 0.0467. The zero-order valence-electron chi connectivity index (χ0n) is 10.4. The quantitative estimate of drug-likeness (QED) is 0.847. The molecular formula is C13H21N3O.